The van der Waals surface area contributed by atoms with E-state index in [1.54, 1.807) is 18.9 Å². The molecule has 0 bridgehead atoms. The van der Waals surface area contributed by atoms with Gasteiger partial charge in [0.2, 0.25) is 5.91 Å². The van der Waals surface area contributed by atoms with Gasteiger partial charge in [-0.1, -0.05) is 36.4 Å². The molecule has 1 saturated carbocycles. The second-order valence-electron chi connectivity index (χ2n) is 9.21. The third kappa shape index (κ3) is 4.41. The van der Waals surface area contributed by atoms with E-state index in [2.05, 4.69) is 24.3 Å². The van der Waals surface area contributed by atoms with Crippen molar-refractivity contribution in [3.8, 4) is 5.75 Å². The Labute approximate surface area is 199 Å². The van der Waals surface area contributed by atoms with Gasteiger partial charge in [0.1, 0.15) is 5.75 Å². The zero-order valence-electron chi connectivity index (χ0n) is 19.2. The van der Waals surface area contributed by atoms with Gasteiger partial charge in [0.25, 0.3) is 5.91 Å². The lowest BCUT2D eigenvalue weighted by molar-refractivity contribution is -0.139. The van der Waals surface area contributed by atoms with E-state index in [0.717, 1.165) is 48.4 Å². The van der Waals surface area contributed by atoms with Gasteiger partial charge in [0, 0.05) is 37.3 Å². The summed E-state index contributed by atoms with van der Waals surface area (Å²) in [6, 6.07) is 16.3. The summed E-state index contributed by atoms with van der Waals surface area (Å²) in [5.74, 6) is 1.11. The van der Waals surface area contributed by atoms with E-state index in [1.165, 1.54) is 11.1 Å². The van der Waals surface area contributed by atoms with Crippen LogP contribution in [0.1, 0.15) is 36.0 Å². The molecule has 172 valence electrons. The summed E-state index contributed by atoms with van der Waals surface area (Å²) < 4.78 is 5.23. The number of likely N-dealkylation sites (N-methyl/N-ethyl adjacent to an activating group) is 1. The number of carbonyl (C=O) groups is 2. The lowest BCUT2D eigenvalue weighted by Gasteiger charge is -2.45. The Kier molecular flexibility index (Phi) is 6.19. The van der Waals surface area contributed by atoms with Crippen LogP contribution < -0.4 is 4.74 Å². The fourth-order valence-corrected chi connectivity index (χ4v) is 6.80. The van der Waals surface area contributed by atoms with Gasteiger partial charge in [-0.05, 0) is 60.6 Å². The van der Waals surface area contributed by atoms with Crippen molar-refractivity contribution in [3.63, 3.8) is 0 Å². The lowest BCUT2D eigenvalue weighted by atomic mass is 9.83. The highest BCUT2D eigenvalue weighted by molar-refractivity contribution is 8.04. The molecule has 2 aromatic rings. The highest BCUT2D eigenvalue weighted by atomic mass is 32.2. The number of benzene rings is 2. The number of hydrogen-bond acceptors (Lipinski definition) is 4. The van der Waals surface area contributed by atoms with Crippen LogP contribution in [0.15, 0.2) is 53.4 Å². The van der Waals surface area contributed by atoms with Crippen molar-refractivity contribution in [1.82, 2.24) is 9.80 Å². The van der Waals surface area contributed by atoms with Crippen LogP contribution in [0.2, 0.25) is 0 Å². The van der Waals surface area contributed by atoms with Gasteiger partial charge in [0.05, 0.1) is 12.0 Å². The van der Waals surface area contributed by atoms with Crippen LogP contribution in [0.3, 0.4) is 0 Å². The molecule has 6 heteroatoms. The van der Waals surface area contributed by atoms with Gasteiger partial charge in [0.15, 0.2) is 0 Å². The van der Waals surface area contributed by atoms with Crippen molar-refractivity contribution in [1.29, 1.82) is 0 Å². The zero-order valence-corrected chi connectivity index (χ0v) is 20.0. The summed E-state index contributed by atoms with van der Waals surface area (Å²) in [6.07, 6.45) is 5.50. The average Bonchev–Trinajstić information content (AvgIpc) is 2.86. The molecule has 33 heavy (non-hydrogen) atoms. The predicted molar refractivity (Wildman–Crippen MR) is 132 cm³/mol. The Morgan fingerprint density at radius 1 is 1.09 bits per heavy atom. The SMILES string of the molecule is COc1ccc(/C=C2\SC3CCC(C(=O)N4CCc5ccccc5C4)CC3N(C)C2=O)cc1. The molecular weight excluding hydrogens is 432 g/mol. The highest BCUT2D eigenvalue weighted by Gasteiger charge is 2.43. The average molecular weight is 463 g/mol. The lowest BCUT2D eigenvalue weighted by Crippen LogP contribution is -2.53. The Hall–Kier alpha value is -2.73. The third-order valence-electron chi connectivity index (χ3n) is 7.27. The molecule has 1 saturated heterocycles. The van der Waals surface area contributed by atoms with Crippen molar-refractivity contribution in [2.45, 2.75) is 43.5 Å². The number of nitrogens with zero attached hydrogens (tertiary/aromatic N) is 2. The summed E-state index contributed by atoms with van der Waals surface area (Å²) in [5.41, 5.74) is 3.61. The van der Waals surface area contributed by atoms with Gasteiger partial charge >= 0.3 is 0 Å². The van der Waals surface area contributed by atoms with Crippen molar-refractivity contribution >= 4 is 29.7 Å². The molecule has 0 aromatic heterocycles. The fraction of sp³-hybridized carbons (Fsp3) is 0.407. The van der Waals surface area contributed by atoms with E-state index in [4.69, 9.17) is 4.74 Å². The van der Waals surface area contributed by atoms with Crippen LogP contribution in [0.25, 0.3) is 6.08 Å². The Morgan fingerprint density at radius 2 is 1.85 bits per heavy atom. The summed E-state index contributed by atoms with van der Waals surface area (Å²) in [7, 11) is 3.54. The summed E-state index contributed by atoms with van der Waals surface area (Å²) in [4.78, 5) is 31.2. The minimum Gasteiger partial charge on any atom is -0.497 e. The fourth-order valence-electron chi connectivity index (χ4n) is 5.32. The standard InChI is InChI=1S/C27H30N2O3S/c1-28-23-16-20(26(30)29-14-13-19-5-3-4-6-21(19)17-29)9-12-24(23)33-25(27(28)31)15-18-7-10-22(32-2)11-8-18/h3-8,10-11,15,20,23-24H,9,12-14,16-17H2,1-2H3/b25-15-. The first-order valence-corrected chi connectivity index (χ1v) is 12.6. The third-order valence-corrected chi connectivity index (χ3v) is 8.67. The molecule has 0 N–H and O–H groups in total. The maximum absolute atomic E-state index is 13.4. The maximum atomic E-state index is 13.4. The smallest absolute Gasteiger partial charge is 0.260 e. The van der Waals surface area contributed by atoms with Crippen molar-refractivity contribution in [2.75, 3.05) is 20.7 Å². The summed E-state index contributed by atoms with van der Waals surface area (Å²) in [6.45, 7) is 1.50. The van der Waals surface area contributed by atoms with E-state index in [-0.39, 0.29) is 23.8 Å². The number of amides is 2. The molecule has 2 aliphatic heterocycles. The molecule has 5 nitrogen and oxygen atoms in total. The second kappa shape index (κ2) is 9.26. The van der Waals surface area contributed by atoms with Crippen LogP contribution in [0, 0.1) is 5.92 Å². The Bertz CT molecular complexity index is 1080. The van der Waals surface area contributed by atoms with E-state index in [1.807, 2.05) is 47.2 Å². The van der Waals surface area contributed by atoms with Crippen LogP contribution in [-0.4, -0.2) is 53.6 Å². The van der Waals surface area contributed by atoms with E-state index in [0.29, 0.717) is 11.8 Å². The van der Waals surface area contributed by atoms with Gasteiger partial charge in [-0.15, -0.1) is 11.8 Å². The predicted octanol–water partition coefficient (Wildman–Crippen LogP) is 4.36. The molecule has 3 aliphatic rings. The Morgan fingerprint density at radius 3 is 2.61 bits per heavy atom. The number of thioether (sulfide) groups is 1. The number of ether oxygens (including phenoxy) is 1. The first kappa shape index (κ1) is 22.1. The molecule has 0 radical (unpaired) electrons. The monoisotopic (exact) mass is 462 g/mol. The highest BCUT2D eigenvalue weighted by Crippen LogP contribution is 2.43. The molecular formula is C27H30N2O3S. The minimum absolute atomic E-state index is 0.000481. The summed E-state index contributed by atoms with van der Waals surface area (Å²) in [5, 5.41) is 0.336. The molecule has 2 aromatic carbocycles. The van der Waals surface area contributed by atoms with E-state index in [9.17, 15) is 9.59 Å². The molecule has 1 aliphatic carbocycles. The number of carbonyl (C=O) groups excluding carboxylic acids is 2. The first-order chi connectivity index (χ1) is 16.0. The summed E-state index contributed by atoms with van der Waals surface area (Å²) >= 11 is 1.69. The number of rotatable bonds is 3. The van der Waals surface area contributed by atoms with Gasteiger partial charge in [-0.2, -0.15) is 0 Å². The van der Waals surface area contributed by atoms with Crippen molar-refractivity contribution in [2.24, 2.45) is 5.92 Å². The molecule has 3 unspecified atom stereocenters. The van der Waals surface area contributed by atoms with Gasteiger partial charge in [-0.3, -0.25) is 9.59 Å². The van der Waals surface area contributed by atoms with Crippen LogP contribution >= 0.6 is 11.8 Å². The minimum atomic E-state index is -0.000481. The molecule has 3 atom stereocenters. The number of hydrogen-bond donors (Lipinski definition) is 0. The number of fused-ring (bicyclic) bond motifs is 2. The maximum Gasteiger partial charge on any atom is 0.260 e. The van der Waals surface area contributed by atoms with Crippen molar-refractivity contribution in [3.05, 3.63) is 70.1 Å². The largest absolute Gasteiger partial charge is 0.497 e. The molecule has 2 amide bonds. The zero-order chi connectivity index (χ0) is 22.9. The first-order valence-electron chi connectivity index (χ1n) is 11.7. The van der Waals surface area contributed by atoms with Crippen LogP contribution in [-0.2, 0) is 22.6 Å². The van der Waals surface area contributed by atoms with E-state index < -0.39 is 0 Å². The van der Waals surface area contributed by atoms with Crippen LogP contribution in [0.4, 0.5) is 0 Å². The quantitative estimate of drug-likeness (QED) is 0.636. The topological polar surface area (TPSA) is 49.9 Å². The normalized spacial score (nSPS) is 26.1. The van der Waals surface area contributed by atoms with Gasteiger partial charge < -0.3 is 14.5 Å². The van der Waals surface area contributed by atoms with Gasteiger partial charge in [-0.25, -0.2) is 0 Å². The Balaban J connectivity index is 1.26. The van der Waals surface area contributed by atoms with E-state index >= 15 is 0 Å². The molecule has 5 rings (SSSR count). The molecule has 2 fully saturated rings. The van der Waals surface area contributed by atoms with Crippen molar-refractivity contribution < 1.29 is 14.3 Å². The number of methoxy groups -OCH3 is 1. The molecule has 2 heterocycles. The molecule has 0 spiro atoms. The second-order valence-corrected chi connectivity index (χ2v) is 10.5. The van der Waals surface area contributed by atoms with Crippen LogP contribution in [0.5, 0.6) is 5.75 Å².